The van der Waals surface area contributed by atoms with E-state index in [0.717, 1.165) is 0 Å². The fourth-order valence-corrected chi connectivity index (χ4v) is 7.33. The predicted octanol–water partition coefficient (Wildman–Crippen LogP) is -2.05. The summed E-state index contributed by atoms with van der Waals surface area (Å²) in [7, 11) is 0. The molecule has 1 saturated carbocycles. The zero-order valence-corrected chi connectivity index (χ0v) is 29.8. The van der Waals surface area contributed by atoms with Gasteiger partial charge in [-0.2, -0.15) is 0 Å². The van der Waals surface area contributed by atoms with Crippen LogP contribution in [0.3, 0.4) is 0 Å². The van der Waals surface area contributed by atoms with Gasteiger partial charge in [-0.15, -0.1) is 0 Å². The summed E-state index contributed by atoms with van der Waals surface area (Å²) in [6, 6.07) is 3.64. The third-order valence-corrected chi connectivity index (χ3v) is 10.0. The average Bonchev–Trinajstić information content (AvgIpc) is 3.48. The number of nitrogens with two attached hydrogens (primary N) is 2. The number of guanidine groups is 1. The van der Waals surface area contributed by atoms with Crippen molar-refractivity contribution in [3.63, 3.8) is 0 Å². The van der Waals surface area contributed by atoms with Crippen molar-refractivity contribution in [2.75, 3.05) is 19.7 Å². The molecule has 292 valence electrons. The number of carbonyl (C=O) groups is 3. The molecule has 17 nitrogen and oxygen atoms in total. The van der Waals surface area contributed by atoms with Gasteiger partial charge in [-0.25, -0.2) is 0 Å². The molecular formula is C35H56N6O11. The molecule has 1 aromatic rings. The van der Waals surface area contributed by atoms with Crippen molar-refractivity contribution in [1.82, 2.24) is 15.5 Å². The van der Waals surface area contributed by atoms with Gasteiger partial charge in [-0.1, -0.05) is 26.0 Å². The fourth-order valence-electron chi connectivity index (χ4n) is 7.33. The number of nitrogens with one attached hydrogen (secondary N) is 2. The maximum atomic E-state index is 14.6. The van der Waals surface area contributed by atoms with E-state index in [0.29, 0.717) is 50.8 Å². The highest BCUT2D eigenvalue weighted by Crippen LogP contribution is 2.42. The van der Waals surface area contributed by atoms with Crippen LogP contribution in [0.25, 0.3) is 0 Å². The maximum Gasteiger partial charge on any atom is 0.249 e. The Bertz CT molecular complexity index is 1360. The van der Waals surface area contributed by atoms with Gasteiger partial charge < -0.3 is 67.1 Å². The first kappa shape index (κ1) is 41.2. The first-order valence-corrected chi connectivity index (χ1v) is 18.1. The number of aromatic hydroxyl groups is 1. The van der Waals surface area contributed by atoms with Crippen molar-refractivity contribution in [2.24, 2.45) is 28.3 Å². The molecule has 2 saturated heterocycles. The van der Waals surface area contributed by atoms with Gasteiger partial charge in [0.1, 0.15) is 48.4 Å². The highest BCUT2D eigenvalue weighted by molar-refractivity contribution is 5.93. The van der Waals surface area contributed by atoms with Crippen molar-refractivity contribution >= 4 is 23.7 Å². The normalized spacial score (nSPS) is 29.9. The summed E-state index contributed by atoms with van der Waals surface area (Å²) in [5, 5.41) is 66.8. The first-order chi connectivity index (χ1) is 24.7. The Morgan fingerprint density at radius 3 is 2.40 bits per heavy atom. The summed E-state index contributed by atoms with van der Waals surface area (Å²) in [6.07, 6.45) is -6.26. The van der Waals surface area contributed by atoms with Gasteiger partial charge in [-0.05, 0) is 74.5 Å². The summed E-state index contributed by atoms with van der Waals surface area (Å²) < 4.78 is 11.7. The van der Waals surface area contributed by atoms with Gasteiger partial charge in [0, 0.05) is 25.6 Å². The summed E-state index contributed by atoms with van der Waals surface area (Å²) in [5.74, 6) is -1.69. The van der Waals surface area contributed by atoms with Crippen molar-refractivity contribution < 1.29 is 54.5 Å². The minimum Gasteiger partial charge on any atom is -0.508 e. The molecule has 0 radical (unpaired) electrons. The van der Waals surface area contributed by atoms with Gasteiger partial charge in [0.05, 0.1) is 12.7 Å². The second-order valence-corrected chi connectivity index (χ2v) is 14.5. The van der Waals surface area contributed by atoms with Crippen LogP contribution in [0.5, 0.6) is 5.75 Å². The van der Waals surface area contributed by atoms with Crippen LogP contribution in [0.2, 0.25) is 0 Å². The number of phenols is 1. The second kappa shape index (κ2) is 19.0. The summed E-state index contributed by atoms with van der Waals surface area (Å²) >= 11 is 0. The average molecular weight is 737 g/mol. The SMILES string of the molecule is CC(C)C[C@H](NC(=O)[C@@H](O)Cc1ccc(O)cc1)C(=O)N1[C@@H](C(=O)NCCCCN=C(N)N)C[C@@H]2CC[C@@H](O[C@H]3O[C@H](CO)[C@@H](O)[C@@H](O)[C@H]3O)C[C@@H]21. The molecule has 17 heteroatoms. The number of amides is 3. The van der Waals surface area contributed by atoms with E-state index in [1.54, 1.807) is 12.1 Å². The van der Waals surface area contributed by atoms with E-state index in [1.165, 1.54) is 17.0 Å². The molecule has 1 aliphatic carbocycles. The fraction of sp³-hybridized carbons (Fsp3) is 0.714. The monoisotopic (exact) mass is 736 g/mol. The van der Waals surface area contributed by atoms with E-state index in [-0.39, 0.29) is 48.7 Å². The standard InChI is InChI=1S/C35H56N6O11/c1-18(2)13-23(40-32(49)26(44)14-19-5-8-21(43)9-6-19)33(50)41-24-16-22(51-34-30(47)29(46)28(45)27(17-42)52-34)10-7-20(24)15-25(41)31(48)38-11-3-4-12-39-35(36)37/h5-6,8-9,18,20,22-30,34,42-47H,3-4,7,10-17H2,1-2H3,(H,38,48)(H,40,49)(H4,36,37,39)/t20-,22+,23-,24-,25+,26-,27+,28+,29+,30+,34-/m0/s1. The lowest BCUT2D eigenvalue weighted by Crippen LogP contribution is -2.60. The van der Waals surface area contributed by atoms with Crippen LogP contribution in [-0.2, 0) is 30.3 Å². The lowest BCUT2D eigenvalue weighted by atomic mass is 9.82. The van der Waals surface area contributed by atoms with Crippen LogP contribution in [0.15, 0.2) is 29.3 Å². The number of fused-ring (bicyclic) bond motifs is 1. The number of aliphatic hydroxyl groups is 5. The van der Waals surface area contributed by atoms with Crippen LogP contribution in [0.4, 0.5) is 0 Å². The van der Waals surface area contributed by atoms with Crippen molar-refractivity contribution in [2.45, 2.75) is 126 Å². The van der Waals surface area contributed by atoms with Gasteiger partial charge in [0.25, 0.3) is 0 Å². The van der Waals surface area contributed by atoms with E-state index in [1.807, 2.05) is 13.8 Å². The highest BCUT2D eigenvalue weighted by atomic mass is 16.7. The lowest BCUT2D eigenvalue weighted by molar-refractivity contribution is -0.314. The molecule has 0 bridgehead atoms. The number of hydrogen-bond acceptors (Lipinski definition) is 12. The Morgan fingerprint density at radius 2 is 1.75 bits per heavy atom. The third-order valence-electron chi connectivity index (χ3n) is 10.0. The highest BCUT2D eigenvalue weighted by Gasteiger charge is 2.52. The number of hydrogen-bond donors (Lipinski definition) is 10. The minimum atomic E-state index is -1.62. The van der Waals surface area contributed by atoms with Crippen molar-refractivity contribution in [3.8, 4) is 5.75 Å². The largest absolute Gasteiger partial charge is 0.508 e. The van der Waals surface area contributed by atoms with Crippen LogP contribution < -0.4 is 22.1 Å². The number of phenolic OH excluding ortho intramolecular Hbond substituents is 1. The van der Waals surface area contributed by atoms with Crippen molar-refractivity contribution in [3.05, 3.63) is 29.8 Å². The molecule has 3 aliphatic rings. The Kier molecular flexibility index (Phi) is 15.0. The first-order valence-electron chi connectivity index (χ1n) is 18.1. The Balaban J connectivity index is 1.53. The number of carbonyl (C=O) groups excluding carboxylic acids is 3. The molecule has 52 heavy (non-hydrogen) atoms. The number of benzene rings is 1. The number of unbranched alkanes of at least 4 members (excludes halogenated alkanes) is 1. The molecule has 2 aliphatic heterocycles. The van der Waals surface area contributed by atoms with Crippen molar-refractivity contribution in [1.29, 1.82) is 0 Å². The minimum absolute atomic E-state index is 0.0171. The van der Waals surface area contributed by atoms with E-state index in [9.17, 15) is 45.0 Å². The van der Waals surface area contributed by atoms with Gasteiger partial charge >= 0.3 is 0 Å². The number of rotatable bonds is 16. The Morgan fingerprint density at radius 1 is 1.04 bits per heavy atom. The quantitative estimate of drug-likeness (QED) is 0.0498. The predicted molar refractivity (Wildman–Crippen MR) is 187 cm³/mol. The molecule has 0 unspecified atom stereocenters. The number of nitrogens with zero attached hydrogens (tertiary/aromatic N) is 2. The van der Waals surface area contributed by atoms with E-state index >= 15 is 0 Å². The van der Waals surface area contributed by atoms with Gasteiger partial charge in [-0.3, -0.25) is 19.4 Å². The van der Waals surface area contributed by atoms with Gasteiger partial charge in [0.15, 0.2) is 12.2 Å². The molecule has 0 spiro atoms. The maximum absolute atomic E-state index is 14.6. The van der Waals surface area contributed by atoms with Gasteiger partial charge in [0.2, 0.25) is 17.7 Å². The topological polar surface area (TPSA) is 283 Å². The third kappa shape index (κ3) is 10.7. The molecule has 2 heterocycles. The molecule has 12 N–H and O–H groups in total. The molecule has 0 aromatic heterocycles. The van der Waals surface area contributed by atoms with E-state index in [2.05, 4.69) is 15.6 Å². The zero-order valence-electron chi connectivity index (χ0n) is 29.8. The van der Waals surface area contributed by atoms with Crippen LogP contribution >= 0.6 is 0 Å². The molecule has 3 fully saturated rings. The summed E-state index contributed by atoms with van der Waals surface area (Å²) in [4.78, 5) is 47.1. The number of likely N-dealkylation sites (tertiary alicyclic amines) is 1. The van der Waals surface area contributed by atoms with Crippen LogP contribution in [0, 0.1) is 11.8 Å². The Labute approximate surface area is 303 Å². The molecule has 4 rings (SSSR count). The molecule has 3 amide bonds. The smallest absolute Gasteiger partial charge is 0.249 e. The molecule has 1 aromatic carbocycles. The lowest BCUT2D eigenvalue weighted by Gasteiger charge is -2.43. The summed E-state index contributed by atoms with van der Waals surface area (Å²) in [5.41, 5.74) is 11.4. The number of aliphatic hydroxyl groups excluding tert-OH is 5. The Hall–Kier alpha value is -3.58. The van der Waals surface area contributed by atoms with Crippen LogP contribution in [-0.4, -0.2) is 140 Å². The molecular weight excluding hydrogens is 680 g/mol. The van der Waals surface area contributed by atoms with Crippen LogP contribution in [0.1, 0.15) is 64.4 Å². The van der Waals surface area contributed by atoms with E-state index in [4.69, 9.17) is 20.9 Å². The zero-order chi connectivity index (χ0) is 38.1. The van der Waals surface area contributed by atoms with E-state index < -0.39 is 79.5 Å². The summed E-state index contributed by atoms with van der Waals surface area (Å²) in [6.45, 7) is 3.90. The molecule has 11 atom stereocenters. The number of aliphatic imine (C=N–C) groups is 1. The second-order valence-electron chi connectivity index (χ2n) is 14.5. The number of ether oxygens (including phenoxy) is 2.